The summed E-state index contributed by atoms with van der Waals surface area (Å²) in [5.74, 6) is 0.499. The van der Waals surface area contributed by atoms with Gasteiger partial charge in [-0.1, -0.05) is 19.8 Å². The highest BCUT2D eigenvalue weighted by Crippen LogP contribution is 2.36. The van der Waals surface area contributed by atoms with Gasteiger partial charge in [-0.2, -0.15) is 5.26 Å². The molecule has 0 spiro atoms. The summed E-state index contributed by atoms with van der Waals surface area (Å²) in [5, 5.41) is 22.2. The Balaban J connectivity index is 2.05. The fourth-order valence-electron chi connectivity index (χ4n) is 2.42. The lowest BCUT2D eigenvalue weighted by molar-refractivity contribution is 0.00957. The minimum absolute atomic E-state index is 0.150. The first-order chi connectivity index (χ1) is 8.65. The molecule has 2 rings (SSSR count). The first-order valence-corrected chi connectivity index (χ1v) is 6.29. The molecule has 5 heteroatoms. The van der Waals surface area contributed by atoms with Gasteiger partial charge in [0.1, 0.15) is 6.07 Å². The topological polar surface area (TPSA) is 81.8 Å². The van der Waals surface area contributed by atoms with Crippen molar-refractivity contribution in [2.45, 2.75) is 38.7 Å². The number of aromatic nitrogens is 2. The SMILES string of the molecule is CC1(CNc2nccnc2C#N)CCCCC1O. The predicted molar refractivity (Wildman–Crippen MR) is 67.8 cm³/mol. The van der Waals surface area contributed by atoms with E-state index in [1.54, 1.807) is 6.20 Å². The third-order valence-electron chi connectivity index (χ3n) is 3.74. The van der Waals surface area contributed by atoms with E-state index in [-0.39, 0.29) is 11.5 Å². The third-order valence-corrected chi connectivity index (χ3v) is 3.74. The summed E-state index contributed by atoms with van der Waals surface area (Å²) in [6.45, 7) is 2.69. The monoisotopic (exact) mass is 246 g/mol. The van der Waals surface area contributed by atoms with Gasteiger partial charge in [0.25, 0.3) is 0 Å². The largest absolute Gasteiger partial charge is 0.392 e. The van der Waals surface area contributed by atoms with Gasteiger partial charge in [-0.05, 0) is 12.8 Å². The van der Waals surface area contributed by atoms with Crippen LogP contribution >= 0.6 is 0 Å². The second-order valence-electron chi connectivity index (χ2n) is 5.13. The van der Waals surface area contributed by atoms with Crippen LogP contribution in [0.1, 0.15) is 38.3 Å². The number of nitrogens with zero attached hydrogens (tertiary/aromatic N) is 3. The Labute approximate surface area is 107 Å². The van der Waals surface area contributed by atoms with E-state index in [2.05, 4.69) is 22.2 Å². The molecule has 1 aromatic heterocycles. The highest BCUT2D eigenvalue weighted by Gasteiger charge is 2.35. The van der Waals surface area contributed by atoms with Gasteiger partial charge in [-0.15, -0.1) is 0 Å². The zero-order valence-corrected chi connectivity index (χ0v) is 10.6. The van der Waals surface area contributed by atoms with Gasteiger partial charge in [0.15, 0.2) is 11.5 Å². The molecule has 0 amide bonds. The first-order valence-electron chi connectivity index (χ1n) is 6.29. The molecule has 2 N–H and O–H groups in total. The number of hydrogen-bond acceptors (Lipinski definition) is 5. The van der Waals surface area contributed by atoms with E-state index in [0.29, 0.717) is 18.1 Å². The summed E-state index contributed by atoms with van der Waals surface area (Å²) in [5.41, 5.74) is 0.147. The van der Waals surface area contributed by atoms with E-state index >= 15 is 0 Å². The van der Waals surface area contributed by atoms with Crippen molar-refractivity contribution >= 4 is 5.82 Å². The van der Waals surface area contributed by atoms with Crippen molar-refractivity contribution in [3.63, 3.8) is 0 Å². The van der Waals surface area contributed by atoms with Crippen molar-refractivity contribution in [3.05, 3.63) is 18.1 Å². The molecular formula is C13H18N4O. The van der Waals surface area contributed by atoms with Crippen LogP contribution in [0, 0.1) is 16.7 Å². The normalized spacial score (nSPS) is 27.5. The Hall–Kier alpha value is -1.67. The van der Waals surface area contributed by atoms with Crippen LogP contribution in [0.15, 0.2) is 12.4 Å². The van der Waals surface area contributed by atoms with Crippen LogP contribution in [-0.2, 0) is 0 Å². The Morgan fingerprint density at radius 1 is 1.50 bits per heavy atom. The van der Waals surface area contributed by atoms with Crippen molar-refractivity contribution < 1.29 is 5.11 Å². The van der Waals surface area contributed by atoms with Crippen molar-refractivity contribution in [1.82, 2.24) is 9.97 Å². The summed E-state index contributed by atoms with van der Waals surface area (Å²) >= 11 is 0. The van der Waals surface area contributed by atoms with E-state index < -0.39 is 0 Å². The van der Waals surface area contributed by atoms with Gasteiger partial charge in [-0.25, -0.2) is 9.97 Å². The van der Waals surface area contributed by atoms with E-state index in [9.17, 15) is 5.11 Å². The highest BCUT2D eigenvalue weighted by molar-refractivity contribution is 5.46. The molecule has 5 nitrogen and oxygen atoms in total. The molecule has 1 heterocycles. The second-order valence-corrected chi connectivity index (χ2v) is 5.13. The highest BCUT2D eigenvalue weighted by atomic mass is 16.3. The predicted octanol–water partition coefficient (Wildman–Crippen LogP) is 1.70. The Bertz CT molecular complexity index is 457. The molecule has 0 aliphatic heterocycles. The van der Waals surface area contributed by atoms with Crippen LogP contribution in [0.3, 0.4) is 0 Å². The maximum absolute atomic E-state index is 10.1. The van der Waals surface area contributed by atoms with Crippen molar-refractivity contribution in [2.75, 3.05) is 11.9 Å². The van der Waals surface area contributed by atoms with E-state index in [1.807, 2.05) is 6.07 Å². The minimum atomic E-state index is -0.291. The molecule has 0 bridgehead atoms. The van der Waals surface area contributed by atoms with Crippen molar-refractivity contribution in [1.29, 1.82) is 5.26 Å². The molecule has 1 aliphatic carbocycles. The zero-order valence-electron chi connectivity index (χ0n) is 10.6. The summed E-state index contributed by atoms with van der Waals surface area (Å²) in [6.07, 6.45) is 6.84. The summed E-state index contributed by atoms with van der Waals surface area (Å²) in [4.78, 5) is 8.07. The number of anilines is 1. The van der Waals surface area contributed by atoms with Crippen molar-refractivity contribution in [3.8, 4) is 6.07 Å². The summed E-state index contributed by atoms with van der Waals surface area (Å²) in [6, 6.07) is 2.01. The number of hydrogen-bond donors (Lipinski definition) is 2. The summed E-state index contributed by atoms with van der Waals surface area (Å²) < 4.78 is 0. The maximum atomic E-state index is 10.1. The molecule has 96 valence electrons. The fourth-order valence-corrected chi connectivity index (χ4v) is 2.42. The number of nitrogens with one attached hydrogen (secondary N) is 1. The molecule has 0 aromatic carbocycles. The molecule has 1 aliphatic rings. The minimum Gasteiger partial charge on any atom is -0.392 e. The van der Waals surface area contributed by atoms with Crippen LogP contribution in [0.4, 0.5) is 5.82 Å². The number of aliphatic hydroxyl groups is 1. The Morgan fingerprint density at radius 2 is 2.28 bits per heavy atom. The fraction of sp³-hybridized carbons (Fsp3) is 0.615. The Morgan fingerprint density at radius 3 is 3.00 bits per heavy atom. The molecule has 1 saturated carbocycles. The third kappa shape index (κ3) is 2.59. The molecular weight excluding hydrogens is 228 g/mol. The van der Waals surface area contributed by atoms with Crippen LogP contribution < -0.4 is 5.32 Å². The Kier molecular flexibility index (Phi) is 3.78. The lowest BCUT2D eigenvalue weighted by Gasteiger charge is -2.38. The van der Waals surface area contributed by atoms with Gasteiger partial charge in [-0.3, -0.25) is 0 Å². The molecule has 2 unspecified atom stereocenters. The molecule has 0 radical (unpaired) electrons. The second kappa shape index (κ2) is 5.32. The van der Waals surface area contributed by atoms with E-state index in [1.165, 1.54) is 6.20 Å². The van der Waals surface area contributed by atoms with Crippen LogP contribution in [0.2, 0.25) is 0 Å². The molecule has 1 fully saturated rings. The molecule has 1 aromatic rings. The molecule has 0 saturated heterocycles. The van der Waals surface area contributed by atoms with E-state index in [0.717, 1.165) is 25.7 Å². The van der Waals surface area contributed by atoms with Gasteiger partial charge in [0, 0.05) is 24.4 Å². The average Bonchev–Trinajstić information content (AvgIpc) is 2.40. The van der Waals surface area contributed by atoms with Crippen LogP contribution in [0.25, 0.3) is 0 Å². The first kappa shape index (κ1) is 12.8. The van der Waals surface area contributed by atoms with Gasteiger partial charge in [0.05, 0.1) is 6.10 Å². The number of aliphatic hydroxyl groups excluding tert-OH is 1. The van der Waals surface area contributed by atoms with Gasteiger partial charge >= 0.3 is 0 Å². The quantitative estimate of drug-likeness (QED) is 0.848. The summed E-state index contributed by atoms with van der Waals surface area (Å²) in [7, 11) is 0. The van der Waals surface area contributed by atoms with Gasteiger partial charge in [0.2, 0.25) is 0 Å². The smallest absolute Gasteiger partial charge is 0.182 e. The molecule has 18 heavy (non-hydrogen) atoms. The van der Waals surface area contributed by atoms with E-state index in [4.69, 9.17) is 5.26 Å². The zero-order chi connectivity index (χ0) is 13.0. The maximum Gasteiger partial charge on any atom is 0.182 e. The average molecular weight is 246 g/mol. The van der Waals surface area contributed by atoms with Crippen molar-refractivity contribution in [2.24, 2.45) is 5.41 Å². The lowest BCUT2D eigenvalue weighted by Crippen LogP contribution is -2.41. The number of nitriles is 1. The van der Waals surface area contributed by atoms with Crippen LogP contribution in [0.5, 0.6) is 0 Å². The molecule has 2 atom stereocenters. The number of rotatable bonds is 3. The standard InChI is InChI=1S/C13H18N4O/c1-13(5-3-2-4-11(13)18)9-17-12-10(8-14)15-6-7-16-12/h6-7,11,18H,2-5,9H2,1H3,(H,16,17). The van der Waals surface area contributed by atoms with Gasteiger partial charge < -0.3 is 10.4 Å². The lowest BCUT2D eigenvalue weighted by atomic mass is 9.73. The van der Waals surface area contributed by atoms with Crippen LogP contribution in [-0.4, -0.2) is 27.7 Å².